The van der Waals surface area contributed by atoms with E-state index in [1.165, 1.54) is 0 Å². The predicted molar refractivity (Wildman–Crippen MR) is 86.5 cm³/mol. The fraction of sp³-hybridized carbons (Fsp3) is 0. The molecule has 0 saturated carbocycles. The maximum atomic E-state index is 12.7. The third-order valence-corrected chi connectivity index (χ3v) is 5.81. The minimum absolute atomic E-state index is 0.0161. The molecule has 0 fully saturated rings. The van der Waals surface area contributed by atoms with E-state index in [9.17, 15) is 4.79 Å². The number of fused-ring (bicyclic) bond motifs is 2. The molecule has 0 radical (unpaired) electrons. The second-order valence-corrected chi connectivity index (χ2v) is 6.94. The summed E-state index contributed by atoms with van der Waals surface area (Å²) >= 11 is -0.176. The summed E-state index contributed by atoms with van der Waals surface area (Å²) in [5.41, 5.74) is 2.23. The van der Waals surface area contributed by atoms with Gasteiger partial charge >= 0.3 is 131 Å². The molecule has 0 aliphatic rings. The monoisotopic (exact) mass is 351 g/mol. The van der Waals surface area contributed by atoms with Gasteiger partial charge in [0.2, 0.25) is 0 Å². The Labute approximate surface area is 131 Å². The Morgan fingerprint density at radius 1 is 1.14 bits per heavy atom. The third-order valence-electron chi connectivity index (χ3n) is 3.55. The van der Waals surface area contributed by atoms with Crippen molar-refractivity contribution in [2.45, 2.75) is 0 Å². The SMILES string of the molecule is N#Cc1ccc2c(=O)n(-c3cccc4cccnc34)[se]c2c1. The molecule has 22 heavy (non-hydrogen) atoms. The van der Waals surface area contributed by atoms with E-state index in [1.807, 2.05) is 36.4 Å². The number of para-hydroxylation sites is 1. The van der Waals surface area contributed by atoms with Gasteiger partial charge in [-0.15, -0.1) is 0 Å². The van der Waals surface area contributed by atoms with E-state index in [2.05, 4.69) is 11.1 Å². The van der Waals surface area contributed by atoms with Gasteiger partial charge in [0, 0.05) is 0 Å². The molecule has 4 aromatic rings. The van der Waals surface area contributed by atoms with E-state index < -0.39 is 0 Å². The Kier molecular flexibility index (Phi) is 2.93. The second-order valence-electron chi connectivity index (χ2n) is 4.87. The standard InChI is InChI=1S/C17H9N3OSe/c18-10-11-6-7-13-15(9-11)22-20(17(13)21)14-5-1-3-12-4-2-8-19-16(12)14/h1-9H. The molecule has 0 amide bonds. The Morgan fingerprint density at radius 3 is 2.86 bits per heavy atom. The summed E-state index contributed by atoms with van der Waals surface area (Å²) < 4.78 is 2.73. The molecule has 0 spiro atoms. The third kappa shape index (κ3) is 1.90. The number of benzene rings is 2. The summed E-state index contributed by atoms with van der Waals surface area (Å²) in [6.45, 7) is 0. The molecule has 0 saturated heterocycles. The molecule has 2 aromatic heterocycles. The molecule has 5 heteroatoms. The van der Waals surface area contributed by atoms with Crippen molar-refractivity contribution in [3.63, 3.8) is 0 Å². The van der Waals surface area contributed by atoms with Crippen molar-refractivity contribution in [3.8, 4) is 11.8 Å². The number of nitriles is 1. The van der Waals surface area contributed by atoms with E-state index >= 15 is 0 Å². The van der Waals surface area contributed by atoms with Crippen LogP contribution in [0.1, 0.15) is 5.56 Å². The zero-order valence-electron chi connectivity index (χ0n) is 11.4. The van der Waals surface area contributed by atoms with Gasteiger partial charge in [-0.25, -0.2) is 0 Å². The molecule has 0 bridgehead atoms. The van der Waals surface area contributed by atoms with Crippen LogP contribution in [0.2, 0.25) is 0 Å². The molecule has 0 atom stereocenters. The summed E-state index contributed by atoms with van der Waals surface area (Å²) in [7, 11) is 0. The summed E-state index contributed by atoms with van der Waals surface area (Å²) in [5, 5.41) is 10.7. The molecule has 2 aromatic carbocycles. The van der Waals surface area contributed by atoms with Crippen molar-refractivity contribution in [1.29, 1.82) is 5.26 Å². The summed E-state index contributed by atoms with van der Waals surface area (Å²) in [5.74, 6) is 0. The number of nitrogens with zero attached hydrogens (tertiary/aromatic N) is 3. The van der Waals surface area contributed by atoms with Gasteiger partial charge in [0.25, 0.3) is 0 Å². The Balaban J connectivity index is 2.07. The van der Waals surface area contributed by atoms with Crippen molar-refractivity contribution in [2.75, 3.05) is 0 Å². The Bertz CT molecular complexity index is 1110. The van der Waals surface area contributed by atoms with Crippen LogP contribution in [0.15, 0.2) is 59.5 Å². The van der Waals surface area contributed by atoms with E-state index in [4.69, 9.17) is 5.26 Å². The first-order chi connectivity index (χ1) is 10.8. The van der Waals surface area contributed by atoms with Crippen LogP contribution in [-0.2, 0) is 0 Å². The zero-order valence-corrected chi connectivity index (χ0v) is 13.1. The first kappa shape index (κ1) is 13.0. The van der Waals surface area contributed by atoms with Gasteiger partial charge < -0.3 is 0 Å². The fourth-order valence-corrected chi connectivity index (χ4v) is 4.72. The average molecular weight is 350 g/mol. The van der Waals surface area contributed by atoms with Crippen LogP contribution in [0.3, 0.4) is 0 Å². The molecule has 0 N–H and O–H groups in total. The summed E-state index contributed by atoms with van der Waals surface area (Å²) in [4.78, 5) is 17.1. The maximum absolute atomic E-state index is 12.7. The predicted octanol–water partition coefficient (Wildman–Crippen LogP) is 2.47. The van der Waals surface area contributed by atoms with Crippen LogP contribution in [0.4, 0.5) is 0 Å². The van der Waals surface area contributed by atoms with Crippen molar-refractivity contribution in [3.05, 3.63) is 70.6 Å². The number of hydrogen-bond donors (Lipinski definition) is 0. The number of hydrogen-bond acceptors (Lipinski definition) is 3. The number of aromatic nitrogens is 2. The molecule has 0 unspecified atom stereocenters. The van der Waals surface area contributed by atoms with Gasteiger partial charge in [0.1, 0.15) is 0 Å². The van der Waals surface area contributed by atoms with Crippen LogP contribution in [-0.4, -0.2) is 23.3 Å². The quantitative estimate of drug-likeness (QED) is 0.496. The molecular formula is C17H9N3OSe. The minimum atomic E-state index is -0.176. The van der Waals surface area contributed by atoms with Gasteiger partial charge in [-0.05, 0) is 0 Å². The van der Waals surface area contributed by atoms with Crippen molar-refractivity contribution < 1.29 is 0 Å². The van der Waals surface area contributed by atoms with Crippen LogP contribution in [0.5, 0.6) is 0 Å². The molecule has 0 aliphatic carbocycles. The van der Waals surface area contributed by atoms with E-state index in [-0.39, 0.29) is 20.3 Å². The van der Waals surface area contributed by atoms with E-state index in [0.717, 1.165) is 20.9 Å². The molecule has 4 rings (SSSR count). The normalized spacial score (nSPS) is 10.9. The molecule has 4 nitrogen and oxygen atoms in total. The first-order valence-corrected chi connectivity index (χ1v) is 8.30. The zero-order chi connectivity index (χ0) is 15.1. The van der Waals surface area contributed by atoms with Crippen molar-refractivity contribution in [2.24, 2.45) is 0 Å². The van der Waals surface area contributed by atoms with Gasteiger partial charge in [0.15, 0.2) is 0 Å². The molecule has 2 heterocycles. The van der Waals surface area contributed by atoms with Gasteiger partial charge in [0.05, 0.1) is 0 Å². The van der Waals surface area contributed by atoms with Crippen LogP contribution >= 0.6 is 0 Å². The molecular weight excluding hydrogens is 341 g/mol. The van der Waals surface area contributed by atoms with E-state index in [1.54, 1.807) is 21.9 Å². The van der Waals surface area contributed by atoms with E-state index in [0.29, 0.717) is 10.9 Å². The van der Waals surface area contributed by atoms with Gasteiger partial charge in [-0.3, -0.25) is 0 Å². The second kappa shape index (κ2) is 4.96. The summed E-state index contributed by atoms with van der Waals surface area (Å²) in [6, 6.07) is 17.1. The topological polar surface area (TPSA) is 58.7 Å². The first-order valence-electron chi connectivity index (χ1n) is 6.68. The van der Waals surface area contributed by atoms with Gasteiger partial charge in [-0.2, -0.15) is 0 Å². The fourth-order valence-electron chi connectivity index (χ4n) is 2.50. The van der Waals surface area contributed by atoms with Gasteiger partial charge in [-0.1, -0.05) is 0 Å². The van der Waals surface area contributed by atoms with Crippen molar-refractivity contribution >= 4 is 35.3 Å². The van der Waals surface area contributed by atoms with Crippen LogP contribution in [0.25, 0.3) is 26.2 Å². The number of rotatable bonds is 1. The molecule has 104 valence electrons. The Morgan fingerprint density at radius 2 is 2.00 bits per heavy atom. The number of pyridine rings is 1. The van der Waals surface area contributed by atoms with Crippen molar-refractivity contribution in [1.82, 2.24) is 8.55 Å². The average Bonchev–Trinajstić information content (AvgIpc) is 2.90. The Hall–Kier alpha value is -2.67. The van der Waals surface area contributed by atoms with Crippen LogP contribution < -0.4 is 5.56 Å². The van der Waals surface area contributed by atoms with Crippen LogP contribution in [0, 0.1) is 11.3 Å². The summed E-state index contributed by atoms with van der Waals surface area (Å²) in [6.07, 6.45) is 1.74. The molecule has 0 aliphatic heterocycles.